The van der Waals surface area contributed by atoms with Gasteiger partial charge in [0.2, 0.25) is 0 Å². The second-order valence-corrected chi connectivity index (χ2v) is 15.2. The lowest BCUT2D eigenvalue weighted by atomic mass is 9.51. The summed E-state index contributed by atoms with van der Waals surface area (Å²) in [6.45, 7) is 8.90. The van der Waals surface area contributed by atoms with E-state index in [9.17, 15) is 20.1 Å². The standard InChI is InChI=1S/C43H58N2O5/c1-29-11-4-5-24-50-28-35(17-7-14-30(2)13-6-12-29)39-34-18-9-21-42(49)22-20-36(37(19-10-23-46)43(42,27-34)40(39)48)31(3)38(47)26-32-15-8-16-33(25-32)41(44)45/h7-8,12,14-17,25,34,37,39-41,46,48-49H,2,6,9-11,13,18-24,26-28,44-45H2,1,3H3. The number of fused-ring (bicyclic) bond motifs is 1. The van der Waals surface area contributed by atoms with Crippen molar-refractivity contribution in [2.24, 2.45) is 34.6 Å². The number of rotatable bonds is 8. The normalized spacial score (nSPS) is 31.7. The van der Waals surface area contributed by atoms with Crippen LogP contribution in [0, 0.1) is 35.0 Å². The number of allylic oxidation sites excluding steroid dienone is 8. The van der Waals surface area contributed by atoms with Gasteiger partial charge in [0.15, 0.2) is 5.78 Å². The average Bonchev–Trinajstić information content (AvgIpc) is 3.26. The summed E-state index contributed by atoms with van der Waals surface area (Å²) in [6, 6.07) is 7.54. The fraction of sp³-hybridized carbons (Fsp3) is 0.558. The number of hydrogen-bond donors (Lipinski definition) is 5. The zero-order chi connectivity index (χ0) is 35.9. The maximum Gasteiger partial charge on any atom is 0.162 e. The first kappa shape index (κ1) is 38.1. The Labute approximate surface area is 299 Å². The molecule has 1 heterocycles. The van der Waals surface area contributed by atoms with E-state index in [-0.39, 0.29) is 36.6 Å². The van der Waals surface area contributed by atoms with Gasteiger partial charge in [0.05, 0.1) is 24.5 Å². The fourth-order valence-corrected chi connectivity index (χ4v) is 9.54. The zero-order valence-electron chi connectivity index (χ0n) is 30.1. The zero-order valence-corrected chi connectivity index (χ0v) is 30.1. The van der Waals surface area contributed by atoms with E-state index in [1.54, 1.807) is 0 Å². The van der Waals surface area contributed by atoms with Gasteiger partial charge >= 0.3 is 0 Å². The largest absolute Gasteiger partial charge is 0.396 e. The van der Waals surface area contributed by atoms with E-state index in [0.29, 0.717) is 63.7 Å². The van der Waals surface area contributed by atoms with Gasteiger partial charge in [-0.2, -0.15) is 0 Å². The Hall–Kier alpha value is -3.09. The third-order valence-corrected chi connectivity index (χ3v) is 12.1. The molecule has 7 heteroatoms. The third kappa shape index (κ3) is 8.18. The van der Waals surface area contributed by atoms with Gasteiger partial charge in [0.25, 0.3) is 0 Å². The van der Waals surface area contributed by atoms with Crippen molar-refractivity contribution in [1.29, 1.82) is 0 Å². The molecule has 270 valence electrons. The molecule has 3 fully saturated rings. The number of ether oxygens (including phenoxy) is 1. The molecule has 4 aliphatic rings. The topological polar surface area (TPSA) is 139 Å². The fourth-order valence-electron chi connectivity index (χ4n) is 9.54. The molecule has 1 aliphatic heterocycles. The Kier molecular flexibility index (Phi) is 12.9. The molecule has 7 N–H and O–H groups in total. The molecule has 1 aromatic carbocycles. The van der Waals surface area contributed by atoms with Crippen LogP contribution in [-0.2, 0) is 16.0 Å². The second kappa shape index (κ2) is 17.0. The first-order chi connectivity index (χ1) is 24.0. The van der Waals surface area contributed by atoms with Gasteiger partial charge in [-0.25, -0.2) is 0 Å². The first-order valence-corrected chi connectivity index (χ1v) is 18.6. The third-order valence-electron chi connectivity index (χ3n) is 12.1. The summed E-state index contributed by atoms with van der Waals surface area (Å²) >= 11 is 0. The van der Waals surface area contributed by atoms with Crippen molar-refractivity contribution in [3.63, 3.8) is 0 Å². The van der Waals surface area contributed by atoms with E-state index in [4.69, 9.17) is 16.2 Å². The maximum atomic E-state index is 14.0. The van der Waals surface area contributed by atoms with Gasteiger partial charge in [-0.1, -0.05) is 90.1 Å². The summed E-state index contributed by atoms with van der Waals surface area (Å²) in [4.78, 5) is 14.0. The summed E-state index contributed by atoms with van der Waals surface area (Å²) in [5, 5.41) is 35.5. The Morgan fingerprint density at radius 1 is 1.20 bits per heavy atom. The van der Waals surface area contributed by atoms with Gasteiger partial charge < -0.3 is 31.5 Å². The Balaban J connectivity index is 1.52. The van der Waals surface area contributed by atoms with Crippen molar-refractivity contribution >= 4 is 5.78 Å². The Bertz CT molecular complexity index is 1590. The molecule has 7 nitrogen and oxygen atoms in total. The molecule has 6 unspecified atom stereocenters. The van der Waals surface area contributed by atoms with E-state index in [0.717, 1.165) is 53.5 Å². The highest BCUT2D eigenvalue weighted by Crippen LogP contribution is 2.67. The number of hydrogen-bond acceptors (Lipinski definition) is 7. The van der Waals surface area contributed by atoms with Crippen LogP contribution in [0.5, 0.6) is 0 Å². The summed E-state index contributed by atoms with van der Waals surface area (Å²) in [6.07, 6.45) is 14.8. The summed E-state index contributed by atoms with van der Waals surface area (Å²) in [7, 11) is 0. The van der Waals surface area contributed by atoms with Crippen LogP contribution in [0.3, 0.4) is 0 Å². The molecule has 3 saturated carbocycles. The van der Waals surface area contributed by atoms with E-state index in [1.165, 1.54) is 5.57 Å². The minimum absolute atomic E-state index is 0.00409. The minimum Gasteiger partial charge on any atom is -0.396 e. The number of carbonyl (C=O) groups is 1. The van der Waals surface area contributed by atoms with Crippen molar-refractivity contribution in [3.8, 4) is 11.8 Å². The van der Waals surface area contributed by atoms with Crippen LogP contribution in [0.2, 0.25) is 0 Å². The highest BCUT2D eigenvalue weighted by Gasteiger charge is 2.68. The van der Waals surface area contributed by atoms with Crippen LogP contribution in [-0.4, -0.2) is 52.6 Å². The van der Waals surface area contributed by atoms with E-state index in [2.05, 4.69) is 37.5 Å². The molecule has 5 rings (SSSR count). The molecule has 1 aromatic rings. The average molecular weight is 683 g/mol. The maximum absolute atomic E-state index is 14.0. The monoisotopic (exact) mass is 682 g/mol. The van der Waals surface area contributed by atoms with Gasteiger partial charge in [-0.05, 0) is 106 Å². The van der Waals surface area contributed by atoms with Crippen LogP contribution in [0.4, 0.5) is 0 Å². The van der Waals surface area contributed by atoms with Crippen LogP contribution in [0.1, 0.15) is 102 Å². The van der Waals surface area contributed by atoms with Crippen LogP contribution in [0.15, 0.2) is 83.0 Å². The molecular formula is C43H58N2O5. The molecule has 1 spiro atoms. The van der Waals surface area contributed by atoms with Gasteiger partial charge in [-0.15, -0.1) is 0 Å². The Morgan fingerprint density at radius 3 is 2.80 bits per heavy atom. The predicted octanol–water partition coefficient (Wildman–Crippen LogP) is 6.30. The number of carbonyl (C=O) groups excluding carboxylic acids is 1. The molecule has 0 radical (unpaired) electrons. The van der Waals surface area contributed by atoms with Crippen LogP contribution >= 0.6 is 0 Å². The highest BCUT2D eigenvalue weighted by molar-refractivity contribution is 5.97. The lowest BCUT2D eigenvalue weighted by molar-refractivity contribution is -0.181. The predicted molar refractivity (Wildman–Crippen MR) is 199 cm³/mol. The lowest BCUT2D eigenvalue weighted by Gasteiger charge is -2.57. The van der Waals surface area contributed by atoms with Crippen molar-refractivity contribution in [1.82, 2.24) is 0 Å². The van der Waals surface area contributed by atoms with Crippen LogP contribution < -0.4 is 11.5 Å². The van der Waals surface area contributed by atoms with Crippen molar-refractivity contribution in [2.45, 2.75) is 109 Å². The van der Waals surface area contributed by atoms with Crippen molar-refractivity contribution < 1.29 is 24.9 Å². The number of benzene rings is 1. The number of ketones is 1. The number of Topliss-reactive ketones (excluding diaryl/α,β-unsaturated/α-hetero) is 1. The van der Waals surface area contributed by atoms with Crippen molar-refractivity contribution in [2.75, 3.05) is 19.8 Å². The minimum atomic E-state index is -1.09. The first-order valence-electron chi connectivity index (χ1n) is 18.6. The second-order valence-electron chi connectivity index (χ2n) is 15.2. The molecule has 0 aromatic heterocycles. The molecule has 3 aliphatic carbocycles. The summed E-state index contributed by atoms with van der Waals surface area (Å²) in [5.74, 6) is 6.06. The quantitative estimate of drug-likeness (QED) is 0.0939. The molecule has 0 saturated heterocycles. The molecular weight excluding hydrogens is 624 g/mol. The molecule has 50 heavy (non-hydrogen) atoms. The molecule has 2 bridgehead atoms. The van der Waals surface area contributed by atoms with Gasteiger partial charge in [0.1, 0.15) is 6.61 Å². The highest BCUT2D eigenvalue weighted by atomic mass is 16.5. The summed E-state index contributed by atoms with van der Waals surface area (Å²) < 4.78 is 6.15. The summed E-state index contributed by atoms with van der Waals surface area (Å²) in [5.41, 5.74) is 16.5. The molecule has 6 atom stereocenters. The van der Waals surface area contributed by atoms with Gasteiger partial charge in [-0.3, -0.25) is 4.79 Å². The number of nitrogens with two attached hydrogens (primary N) is 2. The van der Waals surface area contributed by atoms with Crippen molar-refractivity contribution in [3.05, 3.63) is 94.1 Å². The Morgan fingerprint density at radius 2 is 2.02 bits per heavy atom. The van der Waals surface area contributed by atoms with Crippen LogP contribution in [0.25, 0.3) is 0 Å². The smallest absolute Gasteiger partial charge is 0.162 e. The van der Waals surface area contributed by atoms with E-state index in [1.807, 2.05) is 43.3 Å². The van der Waals surface area contributed by atoms with E-state index < -0.39 is 23.3 Å². The lowest BCUT2D eigenvalue weighted by Crippen LogP contribution is -2.61. The molecule has 0 amide bonds. The van der Waals surface area contributed by atoms with Gasteiger partial charge in [0, 0.05) is 30.8 Å². The SMILES string of the molecule is C=C1C=CC=C(C2C3CCCC4(O)CCC(=C(C)C(=O)Cc5cccc(C(N)N)c5)C(CCCO)C4(C3)C2O)COCC#CCC(C)=CCC1. The number of aliphatic hydroxyl groups is 3. The van der Waals surface area contributed by atoms with E-state index >= 15 is 0 Å². The number of aliphatic hydroxyl groups excluding tert-OH is 2.